The van der Waals surface area contributed by atoms with Crippen molar-refractivity contribution in [1.29, 1.82) is 0 Å². The van der Waals surface area contributed by atoms with E-state index in [0.717, 1.165) is 23.4 Å². The first-order valence-electron chi connectivity index (χ1n) is 9.20. The van der Waals surface area contributed by atoms with Crippen molar-refractivity contribution in [3.05, 3.63) is 48.0 Å². The zero-order valence-corrected chi connectivity index (χ0v) is 15.9. The largest absolute Gasteiger partial charge is 0.492 e. The van der Waals surface area contributed by atoms with Gasteiger partial charge in [0.05, 0.1) is 12.3 Å². The fourth-order valence-corrected chi connectivity index (χ4v) is 3.23. The number of fused-ring (bicyclic) bond motifs is 1. The maximum Gasteiger partial charge on any atom is 0.246 e. The Hall–Kier alpha value is -3.02. The van der Waals surface area contributed by atoms with Gasteiger partial charge in [0.15, 0.2) is 0 Å². The number of ether oxygens (including phenoxy) is 1. The first kappa shape index (κ1) is 18.8. The van der Waals surface area contributed by atoms with E-state index in [1.165, 1.54) is 0 Å². The van der Waals surface area contributed by atoms with Gasteiger partial charge in [-0.3, -0.25) is 9.59 Å². The number of benzene rings is 2. The van der Waals surface area contributed by atoms with E-state index in [4.69, 9.17) is 4.74 Å². The topological polar surface area (TPSA) is 70.7 Å². The van der Waals surface area contributed by atoms with Crippen molar-refractivity contribution in [2.45, 2.75) is 33.2 Å². The summed E-state index contributed by atoms with van der Waals surface area (Å²) in [7, 11) is 0. The number of anilines is 3. The maximum absolute atomic E-state index is 12.6. The van der Waals surface area contributed by atoms with Gasteiger partial charge in [-0.25, -0.2) is 0 Å². The summed E-state index contributed by atoms with van der Waals surface area (Å²) in [6.07, 6.45) is 0.826. The normalized spacial score (nSPS) is 13.7. The lowest BCUT2D eigenvalue weighted by molar-refractivity contribution is -0.117. The molecule has 0 saturated carbocycles. The fraction of sp³-hybridized carbons (Fsp3) is 0.333. The summed E-state index contributed by atoms with van der Waals surface area (Å²) in [5.74, 6) is 0.561. The van der Waals surface area contributed by atoms with Crippen molar-refractivity contribution < 1.29 is 14.3 Å². The Morgan fingerprint density at radius 1 is 1.22 bits per heavy atom. The van der Waals surface area contributed by atoms with Crippen LogP contribution in [0.25, 0.3) is 0 Å². The van der Waals surface area contributed by atoms with Crippen LogP contribution in [0.4, 0.5) is 17.1 Å². The van der Waals surface area contributed by atoms with Gasteiger partial charge in [0.25, 0.3) is 0 Å². The van der Waals surface area contributed by atoms with Crippen LogP contribution in [-0.4, -0.2) is 31.0 Å². The number of amides is 2. The molecule has 3 rings (SSSR count). The molecule has 0 unspecified atom stereocenters. The quantitative estimate of drug-likeness (QED) is 0.821. The van der Waals surface area contributed by atoms with Gasteiger partial charge in [0.1, 0.15) is 11.8 Å². The van der Waals surface area contributed by atoms with E-state index in [2.05, 4.69) is 10.6 Å². The zero-order chi connectivity index (χ0) is 19.4. The second-order valence-corrected chi connectivity index (χ2v) is 6.55. The number of carbonyl (C=O) groups excluding carboxylic acids is 2. The molecule has 6 heteroatoms. The van der Waals surface area contributed by atoms with Crippen molar-refractivity contribution >= 4 is 28.9 Å². The Morgan fingerprint density at radius 3 is 2.74 bits per heavy atom. The van der Waals surface area contributed by atoms with Crippen LogP contribution < -0.4 is 20.3 Å². The molecule has 0 aromatic heterocycles. The van der Waals surface area contributed by atoms with Crippen LogP contribution in [0, 0.1) is 0 Å². The Kier molecular flexibility index (Phi) is 5.64. The number of nitrogens with zero attached hydrogens (tertiary/aromatic N) is 1. The standard InChI is InChI=1S/C21H25N3O3/c1-4-27-20-8-6-5-7-18(20)23-21(26)14(2)22-17-9-10-19-16(13-17)11-12-24(19)15(3)25/h5-10,13-14,22H,4,11-12H2,1-3H3,(H,23,26)/t14-/m0/s1. The highest BCUT2D eigenvalue weighted by molar-refractivity contribution is 5.98. The molecule has 1 atom stereocenters. The van der Waals surface area contributed by atoms with Crippen LogP contribution in [0.3, 0.4) is 0 Å². The van der Waals surface area contributed by atoms with Crippen LogP contribution in [0.2, 0.25) is 0 Å². The molecule has 1 aliphatic heterocycles. The molecule has 0 bridgehead atoms. The second-order valence-electron chi connectivity index (χ2n) is 6.55. The summed E-state index contributed by atoms with van der Waals surface area (Å²) < 4.78 is 5.55. The molecule has 0 spiro atoms. The molecule has 2 amide bonds. The molecule has 0 fully saturated rings. The van der Waals surface area contributed by atoms with E-state index in [0.29, 0.717) is 24.6 Å². The van der Waals surface area contributed by atoms with Crippen LogP contribution in [-0.2, 0) is 16.0 Å². The highest BCUT2D eigenvalue weighted by Gasteiger charge is 2.23. The number of carbonyl (C=O) groups is 2. The van der Waals surface area contributed by atoms with Gasteiger partial charge in [-0.1, -0.05) is 12.1 Å². The number of nitrogens with one attached hydrogen (secondary N) is 2. The molecule has 0 radical (unpaired) electrons. The van der Waals surface area contributed by atoms with E-state index < -0.39 is 6.04 Å². The Balaban J connectivity index is 1.66. The summed E-state index contributed by atoms with van der Waals surface area (Å²) in [6.45, 7) is 6.54. The van der Waals surface area contributed by atoms with E-state index in [1.54, 1.807) is 11.8 Å². The second kappa shape index (κ2) is 8.12. The lowest BCUT2D eigenvalue weighted by atomic mass is 10.1. The van der Waals surface area contributed by atoms with Gasteiger partial charge in [0.2, 0.25) is 11.8 Å². The lowest BCUT2D eigenvalue weighted by Gasteiger charge is -2.18. The van der Waals surface area contributed by atoms with Crippen LogP contribution >= 0.6 is 0 Å². The van der Waals surface area contributed by atoms with Gasteiger partial charge >= 0.3 is 0 Å². The molecule has 2 aromatic carbocycles. The molecule has 2 N–H and O–H groups in total. The van der Waals surface area contributed by atoms with Crippen LogP contribution in [0.15, 0.2) is 42.5 Å². The average Bonchev–Trinajstić information content (AvgIpc) is 3.07. The summed E-state index contributed by atoms with van der Waals surface area (Å²) >= 11 is 0. The molecule has 0 aliphatic carbocycles. The monoisotopic (exact) mass is 367 g/mol. The van der Waals surface area contributed by atoms with Gasteiger partial charge in [-0.15, -0.1) is 0 Å². The van der Waals surface area contributed by atoms with Gasteiger partial charge in [0, 0.05) is 24.8 Å². The first-order valence-corrected chi connectivity index (χ1v) is 9.20. The molecule has 27 heavy (non-hydrogen) atoms. The molecule has 0 saturated heterocycles. The van der Waals surface area contributed by atoms with Crippen molar-refractivity contribution in [2.75, 3.05) is 28.7 Å². The molecule has 2 aromatic rings. The minimum absolute atomic E-state index is 0.0511. The highest BCUT2D eigenvalue weighted by atomic mass is 16.5. The number of rotatable bonds is 6. The van der Waals surface area contributed by atoms with E-state index in [9.17, 15) is 9.59 Å². The third-order valence-electron chi connectivity index (χ3n) is 4.58. The smallest absolute Gasteiger partial charge is 0.246 e. The van der Waals surface area contributed by atoms with Crippen molar-refractivity contribution in [1.82, 2.24) is 0 Å². The highest BCUT2D eigenvalue weighted by Crippen LogP contribution is 2.31. The maximum atomic E-state index is 12.6. The number of hydrogen-bond donors (Lipinski definition) is 2. The lowest BCUT2D eigenvalue weighted by Crippen LogP contribution is -2.32. The molecule has 1 aliphatic rings. The van der Waals surface area contributed by atoms with Gasteiger partial charge in [-0.05, 0) is 56.2 Å². The first-order chi connectivity index (χ1) is 13.0. The minimum Gasteiger partial charge on any atom is -0.492 e. The van der Waals surface area contributed by atoms with Crippen LogP contribution in [0.1, 0.15) is 26.3 Å². The summed E-state index contributed by atoms with van der Waals surface area (Å²) in [4.78, 5) is 26.0. The molecular weight excluding hydrogens is 342 g/mol. The number of hydrogen-bond acceptors (Lipinski definition) is 4. The Morgan fingerprint density at radius 2 is 2.00 bits per heavy atom. The SMILES string of the molecule is CCOc1ccccc1NC(=O)[C@H](C)Nc1ccc2c(c1)CCN2C(C)=O. The van der Waals surface area contributed by atoms with Crippen molar-refractivity contribution in [3.63, 3.8) is 0 Å². The Bertz CT molecular complexity index is 850. The summed E-state index contributed by atoms with van der Waals surface area (Å²) in [5, 5.41) is 6.14. The van der Waals surface area contributed by atoms with Crippen molar-refractivity contribution in [3.8, 4) is 5.75 Å². The minimum atomic E-state index is -0.428. The third kappa shape index (κ3) is 4.22. The van der Waals surface area contributed by atoms with E-state index in [-0.39, 0.29) is 11.8 Å². The van der Waals surface area contributed by atoms with E-state index in [1.807, 2.05) is 56.3 Å². The van der Waals surface area contributed by atoms with Crippen molar-refractivity contribution in [2.24, 2.45) is 0 Å². The number of para-hydroxylation sites is 2. The molecular formula is C21H25N3O3. The third-order valence-corrected chi connectivity index (χ3v) is 4.58. The molecule has 6 nitrogen and oxygen atoms in total. The predicted octanol–water partition coefficient (Wildman–Crippen LogP) is 3.43. The zero-order valence-electron chi connectivity index (χ0n) is 15.9. The predicted molar refractivity (Wildman–Crippen MR) is 107 cm³/mol. The molecule has 1 heterocycles. The Labute approximate surface area is 159 Å². The van der Waals surface area contributed by atoms with Gasteiger partial charge in [-0.2, -0.15) is 0 Å². The summed E-state index contributed by atoms with van der Waals surface area (Å²) in [5.41, 5.74) is 3.59. The molecule has 142 valence electrons. The fourth-order valence-electron chi connectivity index (χ4n) is 3.23. The van der Waals surface area contributed by atoms with Crippen LogP contribution in [0.5, 0.6) is 5.75 Å². The summed E-state index contributed by atoms with van der Waals surface area (Å²) in [6, 6.07) is 12.8. The van der Waals surface area contributed by atoms with E-state index >= 15 is 0 Å². The average molecular weight is 367 g/mol. The van der Waals surface area contributed by atoms with Gasteiger partial charge < -0.3 is 20.3 Å².